The molecule has 1 unspecified atom stereocenters. The molecule has 0 radical (unpaired) electrons. The summed E-state index contributed by atoms with van der Waals surface area (Å²) in [5.74, 6) is -0.338. The van der Waals surface area contributed by atoms with E-state index in [1.54, 1.807) is 0 Å². The molecular weight excluding hydrogens is 199 g/mol. The third-order valence-corrected chi connectivity index (χ3v) is 1.46. The Bertz CT molecular complexity index is 280. The van der Waals surface area contributed by atoms with E-state index in [2.05, 4.69) is 9.98 Å². The van der Waals surface area contributed by atoms with Gasteiger partial charge in [-0.05, 0) is 0 Å². The molecule has 8 heteroatoms. The molecule has 0 aliphatic carbocycles. The van der Waals surface area contributed by atoms with Crippen molar-refractivity contribution in [1.82, 2.24) is 10.2 Å². The standard InChI is InChI=1S/C6H10F3N5/c1-14(2)5-12-3(6(7,8)9)11-4(10)13-5/h3H,1-2H3,(H3,10,11,12,13). The third-order valence-electron chi connectivity index (χ3n) is 1.46. The van der Waals surface area contributed by atoms with Gasteiger partial charge < -0.3 is 16.0 Å². The average Bonchev–Trinajstić information content (AvgIpc) is 2.01. The van der Waals surface area contributed by atoms with Gasteiger partial charge in [0.15, 0.2) is 5.96 Å². The molecule has 1 aliphatic heterocycles. The molecule has 3 N–H and O–H groups in total. The zero-order valence-electron chi connectivity index (χ0n) is 7.63. The van der Waals surface area contributed by atoms with Crippen LogP contribution >= 0.6 is 0 Å². The zero-order valence-corrected chi connectivity index (χ0v) is 7.63. The van der Waals surface area contributed by atoms with Crippen molar-refractivity contribution >= 4 is 11.9 Å². The Balaban J connectivity index is 2.91. The summed E-state index contributed by atoms with van der Waals surface area (Å²) in [5, 5.41) is 1.93. The van der Waals surface area contributed by atoms with Gasteiger partial charge in [-0.3, -0.25) is 0 Å². The van der Waals surface area contributed by atoms with E-state index < -0.39 is 12.3 Å². The summed E-state index contributed by atoms with van der Waals surface area (Å²) in [6, 6.07) is 0. The van der Waals surface area contributed by atoms with Gasteiger partial charge in [-0.25, -0.2) is 4.99 Å². The fourth-order valence-corrected chi connectivity index (χ4v) is 0.827. The van der Waals surface area contributed by atoms with Gasteiger partial charge in [-0.1, -0.05) is 0 Å². The van der Waals surface area contributed by atoms with Gasteiger partial charge in [0.1, 0.15) is 0 Å². The molecule has 0 aromatic rings. The average molecular weight is 209 g/mol. The van der Waals surface area contributed by atoms with Crippen molar-refractivity contribution in [2.45, 2.75) is 12.3 Å². The maximum Gasteiger partial charge on any atom is 0.429 e. The van der Waals surface area contributed by atoms with Crippen LogP contribution in [-0.4, -0.2) is 43.3 Å². The number of halogens is 3. The summed E-state index contributed by atoms with van der Waals surface area (Å²) in [7, 11) is 3.07. The van der Waals surface area contributed by atoms with E-state index in [9.17, 15) is 13.2 Å². The molecule has 0 amide bonds. The molecule has 1 atom stereocenters. The second kappa shape index (κ2) is 3.35. The number of rotatable bonds is 0. The predicted octanol–water partition coefficient (Wildman–Crippen LogP) is -0.290. The highest BCUT2D eigenvalue weighted by molar-refractivity contribution is 5.95. The Kier molecular flexibility index (Phi) is 2.54. The number of nitrogens with one attached hydrogen (secondary N) is 1. The van der Waals surface area contributed by atoms with Crippen LogP contribution < -0.4 is 11.1 Å². The number of guanidine groups is 2. The predicted molar refractivity (Wildman–Crippen MR) is 45.7 cm³/mol. The monoisotopic (exact) mass is 209 g/mol. The minimum Gasteiger partial charge on any atom is -0.370 e. The van der Waals surface area contributed by atoms with Gasteiger partial charge in [-0.15, -0.1) is 0 Å². The molecular formula is C6H10F3N5. The highest BCUT2D eigenvalue weighted by atomic mass is 19.4. The molecule has 5 nitrogen and oxygen atoms in total. The van der Waals surface area contributed by atoms with E-state index in [0.717, 1.165) is 0 Å². The maximum absolute atomic E-state index is 12.3. The molecule has 0 aromatic heterocycles. The highest BCUT2D eigenvalue weighted by Gasteiger charge is 2.42. The third kappa shape index (κ3) is 2.27. The fourth-order valence-electron chi connectivity index (χ4n) is 0.827. The van der Waals surface area contributed by atoms with Crippen LogP contribution in [0.5, 0.6) is 0 Å². The van der Waals surface area contributed by atoms with Crippen LogP contribution in [0.25, 0.3) is 0 Å². The number of alkyl halides is 3. The van der Waals surface area contributed by atoms with Gasteiger partial charge >= 0.3 is 6.18 Å². The molecule has 0 bridgehead atoms. The summed E-state index contributed by atoms with van der Waals surface area (Å²) in [6.07, 6.45) is -6.49. The smallest absolute Gasteiger partial charge is 0.370 e. The Morgan fingerprint density at radius 2 is 2.00 bits per heavy atom. The summed E-state index contributed by atoms with van der Waals surface area (Å²) >= 11 is 0. The Morgan fingerprint density at radius 1 is 1.43 bits per heavy atom. The minimum absolute atomic E-state index is 0.0522. The van der Waals surface area contributed by atoms with E-state index in [4.69, 9.17) is 5.73 Å². The largest absolute Gasteiger partial charge is 0.429 e. The molecule has 1 rings (SSSR count). The van der Waals surface area contributed by atoms with Crippen molar-refractivity contribution in [3.8, 4) is 0 Å². The highest BCUT2D eigenvalue weighted by Crippen LogP contribution is 2.22. The van der Waals surface area contributed by atoms with Crippen LogP contribution in [0.15, 0.2) is 9.98 Å². The lowest BCUT2D eigenvalue weighted by molar-refractivity contribution is -0.150. The second-order valence-electron chi connectivity index (χ2n) is 2.91. The molecule has 14 heavy (non-hydrogen) atoms. The molecule has 0 fully saturated rings. The summed E-state index contributed by atoms with van der Waals surface area (Å²) in [5.41, 5.74) is 5.18. The first-order chi connectivity index (χ1) is 6.30. The number of hydrogen-bond acceptors (Lipinski definition) is 5. The lowest BCUT2D eigenvalue weighted by Gasteiger charge is -2.24. The van der Waals surface area contributed by atoms with Gasteiger partial charge in [0.25, 0.3) is 0 Å². The van der Waals surface area contributed by atoms with Gasteiger partial charge in [0, 0.05) is 14.1 Å². The molecule has 80 valence electrons. The molecule has 0 spiro atoms. The molecule has 1 heterocycles. The molecule has 0 saturated heterocycles. The number of aliphatic imine (C=N–C) groups is 2. The van der Waals surface area contributed by atoms with Gasteiger partial charge in [0.05, 0.1) is 0 Å². The van der Waals surface area contributed by atoms with Gasteiger partial charge in [-0.2, -0.15) is 18.2 Å². The van der Waals surface area contributed by atoms with Crippen molar-refractivity contribution in [3.63, 3.8) is 0 Å². The molecule has 0 saturated carbocycles. The van der Waals surface area contributed by atoms with Crippen LogP contribution in [-0.2, 0) is 0 Å². The van der Waals surface area contributed by atoms with Crippen molar-refractivity contribution in [1.29, 1.82) is 0 Å². The van der Waals surface area contributed by atoms with Crippen LogP contribution in [0, 0.1) is 0 Å². The number of nitrogens with two attached hydrogens (primary N) is 1. The normalized spacial score (nSPS) is 22.2. The molecule has 1 aliphatic rings. The summed E-state index contributed by atoms with van der Waals surface area (Å²) in [6.45, 7) is 0. The Labute approximate surface area is 78.5 Å². The van der Waals surface area contributed by atoms with E-state index >= 15 is 0 Å². The quantitative estimate of drug-likeness (QED) is 0.576. The fraction of sp³-hybridized carbons (Fsp3) is 0.667. The van der Waals surface area contributed by atoms with Crippen LogP contribution in [0.4, 0.5) is 13.2 Å². The Morgan fingerprint density at radius 3 is 2.43 bits per heavy atom. The first kappa shape index (κ1) is 10.6. The lowest BCUT2D eigenvalue weighted by Crippen LogP contribution is -2.51. The van der Waals surface area contributed by atoms with Crippen molar-refractivity contribution in [3.05, 3.63) is 0 Å². The number of nitrogens with zero attached hydrogens (tertiary/aromatic N) is 3. The SMILES string of the molecule is CN(C)C1=NC(C(F)(F)F)NC(N)=N1. The van der Waals surface area contributed by atoms with E-state index in [0.29, 0.717) is 0 Å². The van der Waals surface area contributed by atoms with Crippen LogP contribution in [0.3, 0.4) is 0 Å². The lowest BCUT2D eigenvalue weighted by atomic mass is 10.4. The summed E-state index contributed by atoms with van der Waals surface area (Å²) < 4.78 is 36.8. The van der Waals surface area contributed by atoms with Gasteiger partial charge in [0.2, 0.25) is 12.1 Å². The van der Waals surface area contributed by atoms with E-state index in [1.807, 2.05) is 5.32 Å². The van der Waals surface area contributed by atoms with Crippen molar-refractivity contribution < 1.29 is 13.2 Å². The topological polar surface area (TPSA) is 66.0 Å². The van der Waals surface area contributed by atoms with E-state index in [1.165, 1.54) is 19.0 Å². The van der Waals surface area contributed by atoms with Crippen molar-refractivity contribution in [2.75, 3.05) is 14.1 Å². The first-order valence-corrected chi connectivity index (χ1v) is 3.73. The van der Waals surface area contributed by atoms with Crippen molar-refractivity contribution in [2.24, 2.45) is 15.7 Å². The van der Waals surface area contributed by atoms with Crippen LogP contribution in [0.2, 0.25) is 0 Å². The van der Waals surface area contributed by atoms with E-state index in [-0.39, 0.29) is 11.9 Å². The summed E-state index contributed by atoms with van der Waals surface area (Å²) in [4.78, 5) is 8.30. The van der Waals surface area contributed by atoms with Crippen LogP contribution in [0.1, 0.15) is 0 Å². The Hall–Kier alpha value is -1.47. The minimum atomic E-state index is -4.47. The molecule has 0 aromatic carbocycles. The second-order valence-corrected chi connectivity index (χ2v) is 2.91. The zero-order chi connectivity index (χ0) is 10.9. The number of hydrogen-bond donors (Lipinski definition) is 2. The maximum atomic E-state index is 12.3. The first-order valence-electron chi connectivity index (χ1n) is 3.73.